The number of rotatable bonds is 6. The molecule has 0 atom stereocenters. The molecule has 0 aliphatic carbocycles. The van der Waals surface area contributed by atoms with E-state index in [2.05, 4.69) is 35.7 Å². The molecule has 3 rings (SSSR count). The Kier molecular flexibility index (Phi) is 5.84. The van der Waals surface area contributed by atoms with Crippen molar-refractivity contribution in [3.8, 4) is 5.75 Å². The van der Waals surface area contributed by atoms with Crippen LogP contribution in [0.2, 0.25) is 0 Å². The van der Waals surface area contributed by atoms with E-state index < -0.39 is 0 Å². The molecule has 0 radical (unpaired) electrons. The Morgan fingerprint density at radius 2 is 1.71 bits per heavy atom. The van der Waals surface area contributed by atoms with Gasteiger partial charge in [0.15, 0.2) is 0 Å². The molecule has 0 saturated carbocycles. The molecule has 0 spiro atoms. The van der Waals surface area contributed by atoms with Gasteiger partial charge >= 0.3 is 0 Å². The van der Waals surface area contributed by atoms with Crippen molar-refractivity contribution >= 4 is 34.5 Å². The Hall–Kier alpha value is -3.07. The molecule has 3 heteroatoms. The zero-order valence-electron chi connectivity index (χ0n) is 17.0. The number of nitrogens with one attached hydrogen (secondary N) is 1. The fourth-order valence-electron chi connectivity index (χ4n) is 2.94. The molecular formula is C25H27NO2. The number of hydrogen-bond acceptors (Lipinski definition) is 2. The van der Waals surface area contributed by atoms with Crippen molar-refractivity contribution in [2.24, 2.45) is 5.41 Å². The second kappa shape index (κ2) is 8.30. The highest BCUT2D eigenvalue weighted by atomic mass is 16.5. The van der Waals surface area contributed by atoms with E-state index in [-0.39, 0.29) is 11.3 Å². The molecule has 28 heavy (non-hydrogen) atoms. The number of fused-ring (bicyclic) bond motifs is 1. The molecule has 0 unspecified atom stereocenters. The van der Waals surface area contributed by atoms with Crippen molar-refractivity contribution in [3.63, 3.8) is 0 Å². The van der Waals surface area contributed by atoms with Crippen molar-refractivity contribution in [3.05, 3.63) is 71.8 Å². The fourth-order valence-corrected chi connectivity index (χ4v) is 2.94. The second-order valence-electron chi connectivity index (χ2n) is 7.56. The summed E-state index contributed by atoms with van der Waals surface area (Å²) in [6.07, 6.45) is 4.90. The number of carbonyl (C=O) groups is 1. The van der Waals surface area contributed by atoms with Crippen LogP contribution in [0.25, 0.3) is 22.9 Å². The average Bonchev–Trinajstić information content (AvgIpc) is 2.72. The largest absolute Gasteiger partial charge is 0.495 e. The van der Waals surface area contributed by atoms with Crippen molar-refractivity contribution in [1.29, 1.82) is 0 Å². The summed E-state index contributed by atoms with van der Waals surface area (Å²) in [5.41, 5.74) is 2.53. The quantitative estimate of drug-likeness (QED) is 0.508. The first-order valence-corrected chi connectivity index (χ1v) is 9.60. The molecular weight excluding hydrogens is 346 g/mol. The van der Waals surface area contributed by atoms with Gasteiger partial charge in [-0.05, 0) is 29.5 Å². The average molecular weight is 373 g/mol. The minimum atomic E-state index is -0.370. The molecule has 3 aromatic carbocycles. The van der Waals surface area contributed by atoms with Crippen LogP contribution in [-0.4, -0.2) is 13.0 Å². The van der Waals surface area contributed by atoms with Crippen LogP contribution in [0, 0.1) is 5.41 Å². The predicted octanol–water partition coefficient (Wildman–Crippen LogP) is 6.39. The van der Waals surface area contributed by atoms with Crippen molar-refractivity contribution in [2.45, 2.75) is 27.2 Å². The maximum absolute atomic E-state index is 12.3. The third-order valence-electron chi connectivity index (χ3n) is 5.24. The molecule has 0 fully saturated rings. The van der Waals surface area contributed by atoms with E-state index in [0.717, 1.165) is 39.8 Å². The van der Waals surface area contributed by atoms with E-state index in [1.54, 1.807) is 7.11 Å². The van der Waals surface area contributed by atoms with Crippen LogP contribution in [0.5, 0.6) is 5.75 Å². The first-order chi connectivity index (χ1) is 13.4. The van der Waals surface area contributed by atoms with Gasteiger partial charge in [-0.25, -0.2) is 0 Å². The van der Waals surface area contributed by atoms with Crippen molar-refractivity contribution in [2.75, 3.05) is 12.4 Å². The maximum Gasteiger partial charge on any atom is 0.230 e. The molecule has 1 amide bonds. The highest BCUT2D eigenvalue weighted by molar-refractivity contribution is 5.95. The van der Waals surface area contributed by atoms with E-state index in [1.807, 2.05) is 63.2 Å². The molecule has 0 saturated heterocycles. The van der Waals surface area contributed by atoms with Gasteiger partial charge in [-0.15, -0.1) is 0 Å². The lowest BCUT2D eigenvalue weighted by molar-refractivity contribution is -0.124. The molecule has 0 bridgehead atoms. The minimum Gasteiger partial charge on any atom is -0.495 e. The number of carbonyl (C=O) groups excluding carboxylic acids is 1. The standard InChI is InChI=1S/C25H27NO2/c1-5-25(2,3)24(27)26-21-16-11-18(12-17-21)10-13-20-15-14-19-8-6-7-9-22(19)23(20)28-4/h6-17H,5H2,1-4H3,(H,26,27)/b13-10+. The molecule has 0 heterocycles. The summed E-state index contributed by atoms with van der Waals surface area (Å²) < 4.78 is 5.65. The van der Waals surface area contributed by atoms with Crippen molar-refractivity contribution in [1.82, 2.24) is 0 Å². The molecule has 0 aromatic heterocycles. The lowest BCUT2D eigenvalue weighted by atomic mass is 9.89. The molecule has 3 nitrogen and oxygen atoms in total. The van der Waals surface area contributed by atoms with Crippen LogP contribution in [-0.2, 0) is 4.79 Å². The van der Waals surface area contributed by atoms with E-state index in [4.69, 9.17) is 4.74 Å². The normalized spacial score (nSPS) is 11.7. The molecule has 0 aliphatic rings. The lowest BCUT2D eigenvalue weighted by Gasteiger charge is -2.21. The Balaban J connectivity index is 1.78. The number of amides is 1. The van der Waals surface area contributed by atoms with Crippen LogP contribution in [0.4, 0.5) is 5.69 Å². The van der Waals surface area contributed by atoms with Gasteiger partial charge in [0.1, 0.15) is 5.75 Å². The lowest BCUT2D eigenvalue weighted by Crippen LogP contribution is -2.29. The van der Waals surface area contributed by atoms with E-state index in [0.29, 0.717) is 0 Å². The fraction of sp³-hybridized carbons (Fsp3) is 0.240. The number of ether oxygens (including phenoxy) is 1. The maximum atomic E-state index is 12.3. The second-order valence-corrected chi connectivity index (χ2v) is 7.56. The van der Waals surface area contributed by atoms with Gasteiger partial charge in [-0.1, -0.05) is 81.5 Å². The molecule has 3 aromatic rings. The zero-order chi connectivity index (χ0) is 20.1. The first-order valence-electron chi connectivity index (χ1n) is 9.60. The van der Waals surface area contributed by atoms with Crippen LogP contribution in [0.3, 0.4) is 0 Å². The summed E-state index contributed by atoms with van der Waals surface area (Å²) in [5.74, 6) is 0.916. The summed E-state index contributed by atoms with van der Waals surface area (Å²) in [5, 5.41) is 5.25. The third-order valence-corrected chi connectivity index (χ3v) is 5.24. The predicted molar refractivity (Wildman–Crippen MR) is 119 cm³/mol. The third kappa shape index (κ3) is 4.25. The first kappa shape index (κ1) is 19.7. The summed E-state index contributed by atoms with van der Waals surface area (Å²) >= 11 is 0. The van der Waals surface area contributed by atoms with Crippen LogP contribution < -0.4 is 10.1 Å². The SMILES string of the molecule is CCC(C)(C)C(=O)Nc1ccc(/C=C/c2ccc3ccccc3c2OC)cc1. The molecule has 1 N–H and O–H groups in total. The molecule has 0 aliphatic heterocycles. The molecule has 144 valence electrons. The summed E-state index contributed by atoms with van der Waals surface area (Å²) in [7, 11) is 1.70. The van der Waals surface area contributed by atoms with Crippen LogP contribution in [0.1, 0.15) is 38.3 Å². The van der Waals surface area contributed by atoms with Gasteiger partial charge in [-0.2, -0.15) is 0 Å². The summed E-state index contributed by atoms with van der Waals surface area (Å²) in [6.45, 7) is 5.93. The van der Waals surface area contributed by atoms with Crippen molar-refractivity contribution < 1.29 is 9.53 Å². The zero-order valence-corrected chi connectivity index (χ0v) is 17.0. The van der Waals surface area contributed by atoms with E-state index in [9.17, 15) is 4.79 Å². The number of anilines is 1. The van der Waals surface area contributed by atoms with Gasteiger partial charge in [0.05, 0.1) is 7.11 Å². The smallest absolute Gasteiger partial charge is 0.230 e. The van der Waals surface area contributed by atoms with Gasteiger partial charge in [0.25, 0.3) is 0 Å². The van der Waals surface area contributed by atoms with E-state index >= 15 is 0 Å². The van der Waals surface area contributed by atoms with Crippen LogP contribution >= 0.6 is 0 Å². The number of hydrogen-bond donors (Lipinski definition) is 1. The van der Waals surface area contributed by atoms with Gasteiger partial charge in [0.2, 0.25) is 5.91 Å². The highest BCUT2D eigenvalue weighted by Gasteiger charge is 2.25. The van der Waals surface area contributed by atoms with Gasteiger partial charge < -0.3 is 10.1 Å². The number of methoxy groups -OCH3 is 1. The topological polar surface area (TPSA) is 38.3 Å². The Labute approximate surface area is 167 Å². The Morgan fingerprint density at radius 1 is 1.00 bits per heavy atom. The van der Waals surface area contributed by atoms with Gasteiger partial charge in [-0.3, -0.25) is 4.79 Å². The van der Waals surface area contributed by atoms with Gasteiger partial charge in [0, 0.05) is 22.1 Å². The number of benzene rings is 3. The van der Waals surface area contributed by atoms with Crippen LogP contribution in [0.15, 0.2) is 60.7 Å². The van der Waals surface area contributed by atoms with E-state index in [1.165, 1.54) is 0 Å². The summed E-state index contributed by atoms with van der Waals surface area (Å²) in [6, 6.07) is 20.2. The Bertz CT molecular complexity index is 1000. The Morgan fingerprint density at radius 3 is 2.39 bits per heavy atom. The summed E-state index contributed by atoms with van der Waals surface area (Å²) in [4.78, 5) is 12.3. The monoisotopic (exact) mass is 373 g/mol. The highest BCUT2D eigenvalue weighted by Crippen LogP contribution is 2.31. The minimum absolute atomic E-state index is 0.0409.